The molecule has 1 aliphatic rings. The quantitative estimate of drug-likeness (QED) is 0.0467. The lowest BCUT2D eigenvalue weighted by atomic mass is 9.90. The molecule has 0 N–H and O–H groups in total. The van der Waals surface area contributed by atoms with Crippen molar-refractivity contribution in [1.29, 1.82) is 0 Å². The van der Waals surface area contributed by atoms with Crippen molar-refractivity contribution in [2.45, 2.75) is 324 Å². The number of hydrogen-bond donors (Lipinski definition) is 0. The molecule has 2 aromatic carbocycles. The zero-order valence-electron chi connectivity index (χ0n) is 46.5. The molecule has 0 unspecified atom stereocenters. The third-order valence-electron chi connectivity index (χ3n) is 15.5. The standard InChI is InChI=1S/C66H112N2/c1-7-13-17-19-21-23-25-27-29-31-33-35-37-39-41-43-45-47-59-52-60(48-46-44-42-40-38-36-34-32-30-28-26-24-22-20-18-14-8-2)56-62(55-59)66-64(50-16-10-4)63(49-15-9-3)65(68(66)67)61-53-57(11-5)51-58(12-6)54-61/h51-56H,7-50H2,1-6H3. The van der Waals surface area contributed by atoms with Crippen molar-refractivity contribution in [3.63, 3.8) is 0 Å². The van der Waals surface area contributed by atoms with Crippen LogP contribution < -0.4 is 0 Å². The molecule has 0 saturated carbocycles. The Balaban J connectivity index is 1.61. The first kappa shape index (κ1) is 59.8. The van der Waals surface area contributed by atoms with Crippen molar-refractivity contribution in [2.24, 2.45) is 0 Å². The summed E-state index contributed by atoms with van der Waals surface area (Å²) in [5.41, 5.74) is 25.6. The number of benzene rings is 2. The Labute approximate surface area is 424 Å². The van der Waals surface area contributed by atoms with Gasteiger partial charge in [0.2, 0.25) is 11.4 Å². The van der Waals surface area contributed by atoms with E-state index in [0.717, 1.165) is 75.6 Å². The van der Waals surface area contributed by atoms with Crippen LogP contribution in [0.5, 0.6) is 0 Å². The Hall–Kier alpha value is -2.48. The zero-order valence-corrected chi connectivity index (χ0v) is 46.5. The highest BCUT2D eigenvalue weighted by molar-refractivity contribution is 5.82. The molecule has 1 aliphatic heterocycles. The van der Waals surface area contributed by atoms with Crippen molar-refractivity contribution >= 4 is 11.4 Å². The SMILES string of the molecule is CCCCCCCCCCCCCCCCCCCc1cc(CCCCCCCCCCCCCCCCCCC)cc(C2=C(CCCC)C(CCCC)=C(c3cc(CC)cc(CC)c3)[N+]2=[N-])c1. The number of aryl methyl sites for hydroxylation is 4. The number of hydrogen-bond acceptors (Lipinski definition) is 0. The molecule has 2 nitrogen and oxygen atoms in total. The lowest BCUT2D eigenvalue weighted by Crippen LogP contribution is -2.05. The molecule has 3 rings (SSSR count). The molecule has 0 amide bonds. The molecular weight excluding hydrogens is 821 g/mol. The molecule has 0 aromatic heterocycles. The Kier molecular flexibility index (Phi) is 35.3. The van der Waals surface area contributed by atoms with E-state index in [1.54, 1.807) is 4.70 Å². The summed E-state index contributed by atoms with van der Waals surface area (Å²) in [5, 5.41) is 0. The summed E-state index contributed by atoms with van der Waals surface area (Å²) in [6, 6.07) is 14.6. The van der Waals surface area contributed by atoms with Crippen molar-refractivity contribution < 1.29 is 4.70 Å². The second-order valence-corrected chi connectivity index (χ2v) is 21.8. The molecule has 0 bridgehead atoms. The van der Waals surface area contributed by atoms with E-state index in [0.29, 0.717) is 0 Å². The summed E-state index contributed by atoms with van der Waals surface area (Å²) in [5.74, 6) is 0. The highest BCUT2D eigenvalue weighted by atomic mass is 15.2. The smallest absolute Gasteiger partial charge is 0.211 e. The second kappa shape index (κ2) is 40.2. The van der Waals surface area contributed by atoms with Crippen molar-refractivity contribution in [3.05, 3.63) is 86.5 Å². The van der Waals surface area contributed by atoms with Crippen LogP contribution in [0.15, 0.2) is 47.5 Å². The van der Waals surface area contributed by atoms with Crippen LogP contribution in [0.25, 0.3) is 16.9 Å². The summed E-state index contributed by atoms with van der Waals surface area (Å²) >= 11 is 0. The third kappa shape index (κ3) is 25.1. The van der Waals surface area contributed by atoms with E-state index in [2.05, 4.69) is 77.9 Å². The number of unbranched alkanes of at least 4 members (excludes halogenated alkanes) is 34. The topological polar surface area (TPSA) is 25.3 Å². The molecule has 0 fully saturated rings. The Bertz CT molecular complexity index is 1560. The molecule has 0 atom stereocenters. The van der Waals surface area contributed by atoms with Crippen LogP contribution in [-0.4, -0.2) is 4.70 Å². The van der Waals surface area contributed by atoms with E-state index in [1.165, 1.54) is 263 Å². The van der Waals surface area contributed by atoms with Gasteiger partial charge < -0.3 is 5.53 Å². The minimum absolute atomic E-state index is 1.01. The first-order valence-electron chi connectivity index (χ1n) is 30.7. The van der Waals surface area contributed by atoms with Crippen LogP contribution in [0.2, 0.25) is 0 Å². The summed E-state index contributed by atoms with van der Waals surface area (Å²) in [4.78, 5) is 0. The summed E-state index contributed by atoms with van der Waals surface area (Å²) in [7, 11) is 0. The number of rotatable bonds is 46. The van der Waals surface area contributed by atoms with Gasteiger partial charge >= 0.3 is 0 Å². The van der Waals surface area contributed by atoms with Crippen molar-refractivity contribution in [1.82, 2.24) is 0 Å². The van der Waals surface area contributed by atoms with Crippen LogP contribution in [0, 0.1) is 0 Å². The van der Waals surface area contributed by atoms with E-state index < -0.39 is 0 Å². The maximum absolute atomic E-state index is 12.6. The predicted molar refractivity (Wildman–Crippen MR) is 304 cm³/mol. The Morgan fingerprint density at radius 1 is 0.265 bits per heavy atom. The Morgan fingerprint density at radius 3 is 0.765 bits per heavy atom. The fourth-order valence-corrected chi connectivity index (χ4v) is 11.1. The number of nitrogens with zero attached hydrogens (tertiary/aromatic N) is 2. The van der Waals surface area contributed by atoms with E-state index in [-0.39, 0.29) is 0 Å². The van der Waals surface area contributed by atoms with E-state index in [1.807, 2.05) is 0 Å². The molecule has 386 valence electrons. The van der Waals surface area contributed by atoms with E-state index >= 15 is 0 Å². The summed E-state index contributed by atoms with van der Waals surface area (Å²) < 4.78 is 1.66. The van der Waals surface area contributed by atoms with Gasteiger partial charge in [-0.2, -0.15) is 0 Å². The van der Waals surface area contributed by atoms with Gasteiger partial charge in [-0.05, 0) is 111 Å². The normalized spacial score (nSPS) is 13.0. The van der Waals surface area contributed by atoms with Gasteiger partial charge in [0.05, 0.1) is 0 Å². The molecular formula is C66H112N2. The lowest BCUT2D eigenvalue weighted by molar-refractivity contribution is -0.345. The number of allylic oxidation sites excluding steroid dienone is 2. The average molecular weight is 934 g/mol. The minimum Gasteiger partial charge on any atom is -0.493 e. The molecule has 0 aliphatic carbocycles. The highest BCUT2D eigenvalue weighted by Gasteiger charge is 2.35. The third-order valence-corrected chi connectivity index (χ3v) is 15.5. The maximum Gasteiger partial charge on any atom is 0.211 e. The van der Waals surface area contributed by atoms with Gasteiger partial charge in [-0.1, -0.05) is 272 Å². The van der Waals surface area contributed by atoms with Crippen LogP contribution in [0.1, 0.15) is 332 Å². The maximum atomic E-state index is 12.6. The van der Waals surface area contributed by atoms with E-state index in [9.17, 15) is 5.53 Å². The highest BCUT2D eigenvalue weighted by Crippen LogP contribution is 2.45. The molecule has 2 aromatic rings. The molecule has 0 spiro atoms. The molecule has 1 heterocycles. The average Bonchev–Trinajstić information content (AvgIpc) is 3.63. The summed E-state index contributed by atoms with van der Waals surface area (Å²) in [6.45, 7) is 13.8. The van der Waals surface area contributed by atoms with Gasteiger partial charge in [0.15, 0.2) is 0 Å². The van der Waals surface area contributed by atoms with Crippen molar-refractivity contribution in [3.8, 4) is 0 Å². The first-order chi connectivity index (χ1) is 33.5. The summed E-state index contributed by atoms with van der Waals surface area (Å²) in [6.07, 6.45) is 59.0. The molecule has 0 radical (unpaired) electrons. The lowest BCUT2D eigenvalue weighted by Gasteiger charge is -2.14. The van der Waals surface area contributed by atoms with Crippen LogP contribution in [0.3, 0.4) is 0 Å². The molecule has 2 heteroatoms. The molecule has 0 saturated heterocycles. The largest absolute Gasteiger partial charge is 0.493 e. The second-order valence-electron chi connectivity index (χ2n) is 21.8. The zero-order chi connectivity index (χ0) is 48.7. The monoisotopic (exact) mass is 933 g/mol. The predicted octanol–water partition coefficient (Wildman–Crippen LogP) is 22.8. The molecule has 68 heavy (non-hydrogen) atoms. The first-order valence-corrected chi connectivity index (χ1v) is 30.7. The Morgan fingerprint density at radius 2 is 0.500 bits per heavy atom. The van der Waals surface area contributed by atoms with Crippen LogP contribution in [-0.2, 0) is 25.7 Å². The van der Waals surface area contributed by atoms with Gasteiger partial charge in [0.1, 0.15) is 0 Å². The van der Waals surface area contributed by atoms with Gasteiger partial charge in [-0.15, -0.1) is 0 Å². The van der Waals surface area contributed by atoms with Gasteiger partial charge in [-0.3, -0.25) is 0 Å². The van der Waals surface area contributed by atoms with Gasteiger partial charge in [0.25, 0.3) is 0 Å². The minimum atomic E-state index is 1.01. The fourth-order valence-electron chi connectivity index (χ4n) is 11.1. The van der Waals surface area contributed by atoms with Crippen LogP contribution >= 0.6 is 0 Å². The van der Waals surface area contributed by atoms with E-state index in [4.69, 9.17) is 0 Å². The fraction of sp³-hybridized carbons (Fsp3) is 0.758. The van der Waals surface area contributed by atoms with Crippen LogP contribution in [0.4, 0.5) is 0 Å². The van der Waals surface area contributed by atoms with Gasteiger partial charge in [0, 0.05) is 22.3 Å². The van der Waals surface area contributed by atoms with Crippen molar-refractivity contribution in [2.75, 3.05) is 0 Å². The van der Waals surface area contributed by atoms with Gasteiger partial charge in [-0.25, -0.2) is 4.70 Å².